The number of carbonyl (C=O) groups excluding carboxylic acids is 1. The van der Waals surface area contributed by atoms with Gasteiger partial charge in [0.1, 0.15) is 18.2 Å². The number of amides is 1. The molecule has 0 N–H and O–H groups in total. The largest absolute Gasteiger partial charge is 0.492 e. The fourth-order valence-corrected chi connectivity index (χ4v) is 7.26. The second-order valence-corrected chi connectivity index (χ2v) is 12.9. The summed E-state index contributed by atoms with van der Waals surface area (Å²) in [6, 6.07) is 18.9. The summed E-state index contributed by atoms with van der Waals surface area (Å²) < 4.78 is 6.34. The van der Waals surface area contributed by atoms with Crippen LogP contribution in [0.1, 0.15) is 49.7 Å². The maximum Gasteiger partial charge on any atom is 0.223 e. The number of likely N-dealkylation sites (tertiary alicyclic amines) is 1. The average Bonchev–Trinajstić information content (AvgIpc) is 3.07. The molecule has 0 unspecified atom stereocenters. The maximum atomic E-state index is 13.4. The van der Waals surface area contributed by atoms with Crippen LogP contribution in [0.25, 0.3) is 0 Å². The Labute approximate surface area is 263 Å². The van der Waals surface area contributed by atoms with E-state index in [1.807, 2.05) is 30.7 Å². The number of carbonyl (C=O) groups is 1. The van der Waals surface area contributed by atoms with Crippen LogP contribution in [0.2, 0.25) is 0 Å². The molecule has 0 radical (unpaired) electrons. The number of aryl methyl sites for hydroxylation is 1. The molecule has 3 aliphatic heterocycles. The number of fused-ring (bicyclic) bond motifs is 1. The van der Waals surface area contributed by atoms with E-state index in [0.29, 0.717) is 18.9 Å². The van der Waals surface area contributed by atoms with Gasteiger partial charge in [-0.1, -0.05) is 30.7 Å². The van der Waals surface area contributed by atoms with E-state index in [1.165, 1.54) is 30.4 Å². The van der Waals surface area contributed by atoms with E-state index in [1.54, 1.807) is 0 Å². The van der Waals surface area contributed by atoms with E-state index in [-0.39, 0.29) is 5.41 Å². The molecule has 6 rings (SSSR count). The first kappa shape index (κ1) is 30.5. The number of hydrogen-bond acceptors (Lipinski definition) is 7. The molecule has 1 aromatic carbocycles. The van der Waals surface area contributed by atoms with Crippen molar-refractivity contribution in [3.8, 4) is 5.75 Å². The highest BCUT2D eigenvalue weighted by Crippen LogP contribution is 2.39. The predicted octanol–water partition coefficient (Wildman–Crippen LogP) is 4.91. The van der Waals surface area contributed by atoms with E-state index in [4.69, 9.17) is 4.74 Å². The number of para-hydroxylation sites is 1. The van der Waals surface area contributed by atoms with Crippen LogP contribution in [0, 0.1) is 5.41 Å². The minimum absolute atomic E-state index is 0.227. The Hall–Kier alpha value is -3.49. The minimum Gasteiger partial charge on any atom is -0.492 e. The van der Waals surface area contributed by atoms with Crippen LogP contribution < -0.4 is 9.64 Å². The van der Waals surface area contributed by atoms with Crippen LogP contribution in [0.4, 0.5) is 5.82 Å². The third-order valence-electron chi connectivity index (χ3n) is 9.92. The molecular formula is C36H48N6O2. The number of ether oxygens (including phenoxy) is 1. The van der Waals surface area contributed by atoms with Crippen molar-refractivity contribution < 1.29 is 9.53 Å². The number of aromatic nitrogens is 2. The molecule has 2 fully saturated rings. The first-order chi connectivity index (χ1) is 21.7. The van der Waals surface area contributed by atoms with E-state index >= 15 is 0 Å². The van der Waals surface area contributed by atoms with Crippen LogP contribution in [-0.2, 0) is 17.8 Å². The van der Waals surface area contributed by atoms with Crippen LogP contribution in [0.5, 0.6) is 5.75 Å². The van der Waals surface area contributed by atoms with E-state index in [2.05, 4.69) is 72.0 Å². The fourth-order valence-electron chi connectivity index (χ4n) is 7.26. The quantitative estimate of drug-likeness (QED) is 0.401. The zero-order valence-electron chi connectivity index (χ0n) is 26.2. The molecule has 3 aromatic rings. The van der Waals surface area contributed by atoms with Gasteiger partial charge in [-0.15, -0.1) is 0 Å². The summed E-state index contributed by atoms with van der Waals surface area (Å²) in [7, 11) is 0. The summed E-state index contributed by atoms with van der Waals surface area (Å²) in [6.07, 6.45) is 13.0. The molecule has 2 aromatic heterocycles. The van der Waals surface area contributed by atoms with Gasteiger partial charge in [0.25, 0.3) is 0 Å². The van der Waals surface area contributed by atoms with Crippen LogP contribution in [0.3, 0.4) is 0 Å². The molecule has 0 atom stereocenters. The second-order valence-electron chi connectivity index (χ2n) is 12.9. The first-order valence-corrected chi connectivity index (χ1v) is 16.6. The first-order valence-electron chi connectivity index (χ1n) is 16.6. The normalized spacial score (nSPS) is 20.3. The number of hydrogen-bond donors (Lipinski definition) is 0. The third-order valence-corrected chi connectivity index (χ3v) is 9.92. The SMILES string of the molecule is O=C(CCN1CCN(c2ccccn2)CC1)N1CCC2(CCCCc3ccccc3OCCN(Cc3ccncc3)C2)CC1. The van der Waals surface area contributed by atoms with Gasteiger partial charge in [0, 0.05) is 90.5 Å². The molecule has 3 aliphatic rings. The fraction of sp³-hybridized carbons (Fsp3) is 0.528. The zero-order valence-corrected chi connectivity index (χ0v) is 26.2. The van der Waals surface area contributed by atoms with Crippen molar-refractivity contribution in [3.63, 3.8) is 0 Å². The second kappa shape index (κ2) is 15.0. The van der Waals surface area contributed by atoms with Crippen molar-refractivity contribution in [2.45, 2.75) is 51.5 Å². The Balaban J connectivity index is 1.04. The van der Waals surface area contributed by atoms with Gasteiger partial charge in [-0.2, -0.15) is 0 Å². The maximum absolute atomic E-state index is 13.4. The Morgan fingerprint density at radius 3 is 2.39 bits per heavy atom. The Morgan fingerprint density at radius 1 is 0.795 bits per heavy atom. The van der Waals surface area contributed by atoms with Gasteiger partial charge in [0.2, 0.25) is 5.91 Å². The molecule has 8 heteroatoms. The van der Waals surface area contributed by atoms with Crippen molar-refractivity contribution in [2.75, 3.05) is 70.4 Å². The molecule has 0 bridgehead atoms. The van der Waals surface area contributed by atoms with Crippen molar-refractivity contribution in [1.29, 1.82) is 0 Å². The van der Waals surface area contributed by atoms with Gasteiger partial charge in [0.05, 0.1) is 0 Å². The highest BCUT2D eigenvalue weighted by atomic mass is 16.5. The number of nitrogens with zero attached hydrogens (tertiary/aromatic N) is 6. The van der Waals surface area contributed by atoms with E-state index in [9.17, 15) is 4.79 Å². The Kier molecular flexibility index (Phi) is 10.4. The summed E-state index contributed by atoms with van der Waals surface area (Å²) in [5.41, 5.74) is 2.84. The summed E-state index contributed by atoms with van der Waals surface area (Å²) in [5.74, 6) is 2.40. The summed E-state index contributed by atoms with van der Waals surface area (Å²) in [6.45, 7) is 9.97. The zero-order chi connectivity index (χ0) is 30.0. The van der Waals surface area contributed by atoms with Crippen molar-refractivity contribution >= 4 is 11.7 Å². The molecular weight excluding hydrogens is 548 g/mol. The number of piperazine rings is 1. The Morgan fingerprint density at radius 2 is 1.59 bits per heavy atom. The molecule has 1 spiro atoms. The lowest BCUT2D eigenvalue weighted by atomic mass is 9.73. The molecule has 0 aliphatic carbocycles. The highest BCUT2D eigenvalue weighted by molar-refractivity contribution is 5.76. The van der Waals surface area contributed by atoms with Crippen molar-refractivity contribution in [1.82, 2.24) is 24.7 Å². The number of piperidine rings is 1. The van der Waals surface area contributed by atoms with Crippen LogP contribution in [0.15, 0.2) is 73.2 Å². The minimum atomic E-state index is 0.227. The van der Waals surface area contributed by atoms with E-state index < -0.39 is 0 Å². The van der Waals surface area contributed by atoms with Gasteiger partial charge in [0.15, 0.2) is 0 Å². The van der Waals surface area contributed by atoms with Crippen molar-refractivity contribution in [3.05, 3.63) is 84.3 Å². The number of pyridine rings is 2. The molecule has 44 heavy (non-hydrogen) atoms. The number of benzene rings is 1. The molecule has 234 valence electrons. The summed E-state index contributed by atoms with van der Waals surface area (Å²) >= 11 is 0. The molecule has 5 heterocycles. The van der Waals surface area contributed by atoms with Crippen molar-refractivity contribution in [2.24, 2.45) is 5.41 Å². The lowest BCUT2D eigenvalue weighted by Crippen LogP contribution is -2.50. The van der Waals surface area contributed by atoms with Crippen LogP contribution in [-0.4, -0.2) is 96.1 Å². The number of rotatable bonds is 6. The monoisotopic (exact) mass is 596 g/mol. The van der Waals surface area contributed by atoms with Gasteiger partial charge < -0.3 is 14.5 Å². The molecule has 8 nitrogen and oxygen atoms in total. The molecule has 0 saturated carbocycles. The predicted molar refractivity (Wildman–Crippen MR) is 175 cm³/mol. The van der Waals surface area contributed by atoms with Crippen LogP contribution >= 0.6 is 0 Å². The highest BCUT2D eigenvalue weighted by Gasteiger charge is 2.37. The Bertz CT molecular complexity index is 1310. The lowest BCUT2D eigenvalue weighted by Gasteiger charge is -2.45. The molecule has 2 saturated heterocycles. The molecule has 1 amide bonds. The summed E-state index contributed by atoms with van der Waals surface area (Å²) in [4.78, 5) is 31.6. The summed E-state index contributed by atoms with van der Waals surface area (Å²) in [5, 5.41) is 0. The lowest BCUT2D eigenvalue weighted by molar-refractivity contribution is -0.134. The van der Waals surface area contributed by atoms with E-state index in [0.717, 1.165) is 96.3 Å². The third kappa shape index (κ3) is 8.16. The van der Waals surface area contributed by atoms with Gasteiger partial charge >= 0.3 is 0 Å². The van der Waals surface area contributed by atoms with Gasteiger partial charge in [-0.25, -0.2) is 4.98 Å². The number of anilines is 1. The smallest absolute Gasteiger partial charge is 0.223 e. The average molecular weight is 597 g/mol. The standard InChI is InChI=1S/C36H48N6O2/c43-35(13-20-39-23-25-41(26-24-39)34-10-4-6-17-38-34)42-21-15-36(16-22-42)14-5-3-8-32-7-1-2-9-33(32)44-28-27-40(30-36)29-31-11-18-37-19-12-31/h1-2,4,6-7,9-12,17-19H,3,5,8,13-16,20-30H2. The van der Waals surface area contributed by atoms with Gasteiger partial charge in [-0.3, -0.25) is 19.6 Å². The topological polar surface area (TPSA) is 65.0 Å². The van der Waals surface area contributed by atoms with Gasteiger partial charge in [-0.05, 0) is 79.0 Å².